The van der Waals surface area contributed by atoms with E-state index in [1.165, 1.54) is 0 Å². The van der Waals surface area contributed by atoms with E-state index in [9.17, 15) is 4.79 Å². The van der Waals surface area contributed by atoms with Crippen molar-refractivity contribution >= 4 is 29.1 Å². The molecule has 2 heterocycles. The molecule has 1 aromatic rings. The number of nitrogens with one attached hydrogen (secondary N) is 1. The summed E-state index contributed by atoms with van der Waals surface area (Å²) in [7, 11) is 0. The summed E-state index contributed by atoms with van der Waals surface area (Å²) in [4.78, 5) is 14.3. The van der Waals surface area contributed by atoms with E-state index in [0.29, 0.717) is 16.6 Å². The van der Waals surface area contributed by atoms with Crippen molar-refractivity contribution in [2.75, 3.05) is 13.1 Å². The fourth-order valence-corrected chi connectivity index (χ4v) is 3.54. The van der Waals surface area contributed by atoms with Crippen molar-refractivity contribution in [3.8, 4) is 0 Å². The predicted octanol–water partition coefficient (Wildman–Crippen LogP) is 2.63. The molecule has 2 aliphatic heterocycles. The van der Waals surface area contributed by atoms with E-state index >= 15 is 0 Å². The number of amides is 1. The summed E-state index contributed by atoms with van der Waals surface area (Å²) in [6.45, 7) is 2.30. The van der Waals surface area contributed by atoms with Crippen molar-refractivity contribution in [3.05, 3.63) is 33.3 Å². The minimum atomic E-state index is -0.00351. The molecule has 2 aliphatic rings. The normalized spacial score (nSPS) is 22.4. The molecule has 1 N–H and O–H groups in total. The van der Waals surface area contributed by atoms with Gasteiger partial charge in [0.05, 0.1) is 6.04 Å². The maximum atomic E-state index is 12.4. The molecule has 0 aliphatic carbocycles. The molecular weight excluding hydrogens is 283 g/mol. The van der Waals surface area contributed by atoms with E-state index < -0.39 is 0 Å². The maximum absolute atomic E-state index is 12.4. The molecule has 1 aromatic carbocycles. The third-order valence-corrected chi connectivity index (χ3v) is 4.47. The SMILES string of the molecule is O=C(C1CCCN1)N1CCc2c(Cl)cc(Cl)cc2C1. The van der Waals surface area contributed by atoms with Crippen LogP contribution in [0.2, 0.25) is 10.0 Å². The molecule has 1 atom stereocenters. The van der Waals surface area contributed by atoms with Crippen molar-refractivity contribution in [1.82, 2.24) is 10.2 Å². The number of carbonyl (C=O) groups excluding carboxylic acids is 1. The second-order valence-electron chi connectivity index (χ2n) is 5.18. The minimum Gasteiger partial charge on any atom is -0.337 e. The summed E-state index contributed by atoms with van der Waals surface area (Å²) in [6, 6.07) is 3.69. The zero-order chi connectivity index (χ0) is 13.4. The fraction of sp³-hybridized carbons (Fsp3) is 0.500. The summed E-state index contributed by atoms with van der Waals surface area (Å²) in [6.07, 6.45) is 2.83. The van der Waals surface area contributed by atoms with Gasteiger partial charge < -0.3 is 10.2 Å². The van der Waals surface area contributed by atoms with Gasteiger partial charge in [-0.3, -0.25) is 4.79 Å². The molecule has 0 saturated carbocycles. The van der Waals surface area contributed by atoms with Gasteiger partial charge in [0.25, 0.3) is 0 Å². The smallest absolute Gasteiger partial charge is 0.240 e. The highest BCUT2D eigenvalue weighted by Gasteiger charge is 2.29. The number of rotatable bonds is 1. The molecular formula is C14H16Cl2N2O. The quantitative estimate of drug-likeness (QED) is 0.864. The van der Waals surface area contributed by atoms with Gasteiger partial charge >= 0.3 is 0 Å². The number of carbonyl (C=O) groups is 1. The minimum absolute atomic E-state index is 0.00351. The average molecular weight is 299 g/mol. The molecule has 3 nitrogen and oxygen atoms in total. The van der Waals surface area contributed by atoms with Crippen molar-refractivity contribution < 1.29 is 4.79 Å². The predicted molar refractivity (Wildman–Crippen MR) is 76.6 cm³/mol. The molecule has 1 amide bonds. The molecule has 1 saturated heterocycles. The van der Waals surface area contributed by atoms with E-state index in [-0.39, 0.29) is 11.9 Å². The van der Waals surface area contributed by atoms with Crippen LogP contribution in [0.3, 0.4) is 0 Å². The van der Waals surface area contributed by atoms with E-state index in [0.717, 1.165) is 43.5 Å². The standard InChI is InChI=1S/C14H16Cl2N2O/c15-10-6-9-8-18(5-3-11(9)12(16)7-10)14(19)13-2-1-4-17-13/h6-7,13,17H,1-5,8H2. The van der Waals surface area contributed by atoms with Crippen LogP contribution >= 0.6 is 23.2 Å². The lowest BCUT2D eigenvalue weighted by molar-refractivity contribution is -0.134. The van der Waals surface area contributed by atoms with Crippen molar-refractivity contribution in [1.29, 1.82) is 0 Å². The second kappa shape index (κ2) is 5.31. The Bertz CT molecular complexity index is 512. The van der Waals surface area contributed by atoms with Gasteiger partial charge in [0.2, 0.25) is 5.91 Å². The number of fused-ring (bicyclic) bond motifs is 1. The van der Waals surface area contributed by atoms with Crippen LogP contribution in [-0.2, 0) is 17.8 Å². The molecule has 0 aromatic heterocycles. The first-order valence-electron chi connectivity index (χ1n) is 6.64. The lowest BCUT2D eigenvalue weighted by Crippen LogP contribution is -2.45. The molecule has 1 unspecified atom stereocenters. The second-order valence-corrected chi connectivity index (χ2v) is 6.03. The van der Waals surface area contributed by atoms with Crippen molar-refractivity contribution in [3.63, 3.8) is 0 Å². The van der Waals surface area contributed by atoms with Gasteiger partial charge in [0, 0.05) is 23.1 Å². The highest BCUT2D eigenvalue weighted by molar-refractivity contribution is 6.35. The summed E-state index contributed by atoms with van der Waals surface area (Å²) in [5.74, 6) is 0.208. The highest BCUT2D eigenvalue weighted by atomic mass is 35.5. The number of halogens is 2. The molecule has 0 radical (unpaired) electrons. The van der Waals surface area contributed by atoms with Gasteiger partial charge in [-0.25, -0.2) is 0 Å². The third kappa shape index (κ3) is 2.60. The van der Waals surface area contributed by atoms with Crippen LogP contribution in [0.25, 0.3) is 0 Å². The van der Waals surface area contributed by atoms with E-state index in [1.807, 2.05) is 11.0 Å². The van der Waals surface area contributed by atoms with Crippen LogP contribution in [-0.4, -0.2) is 29.9 Å². The van der Waals surface area contributed by atoms with Gasteiger partial charge in [-0.05, 0) is 49.1 Å². The summed E-state index contributed by atoms with van der Waals surface area (Å²) < 4.78 is 0. The molecule has 5 heteroatoms. The Balaban J connectivity index is 1.79. The summed E-state index contributed by atoms with van der Waals surface area (Å²) >= 11 is 12.2. The molecule has 1 fully saturated rings. The average Bonchev–Trinajstić information content (AvgIpc) is 2.90. The topological polar surface area (TPSA) is 32.3 Å². The number of nitrogens with zero attached hydrogens (tertiary/aromatic N) is 1. The fourth-order valence-electron chi connectivity index (χ4n) is 2.91. The largest absolute Gasteiger partial charge is 0.337 e. The Morgan fingerprint density at radius 1 is 1.37 bits per heavy atom. The van der Waals surface area contributed by atoms with Gasteiger partial charge in [0.1, 0.15) is 0 Å². The van der Waals surface area contributed by atoms with Crippen LogP contribution in [0.1, 0.15) is 24.0 Å². The summed E-state index contributed by atoms with van der Waals surface area (Å²) in [5.41, 5.74) is 2.21. The molecule has 3 rings (SSSR count). The molecule has 0 spiro atoms. The molecule has 102 valence electrons. The first-order chi connectivity index (χ1) is 9.15. The van der Waals surface area contributed by atoms with E-state index in [4.69, 9.17) is 23.2 Å². The molecule has 19 heavy (non-hydrogen) atoms. The van der Waals surface area contributed by atoms with Gasteiger partial charge in [-0.1, -0.05) is 23.2 Å². The van der Waals surface area contributed by atoms with Gasteiger partial charge in [-0.2, -0.15) is 0 Å². The first-order valence-corrected chi connectivity index (χ1v) is 7.40. The number of benzene rings is 1. The lowest BCUT2D eigenvalue weighted by atomic mass is 9.99. The van der Waals surface area contributed by atoms with Crippen LogP contribution in [0, 0.1) is 0 Å². The Morgan fingerprint density at radius 2 is 2.21 bits per heavy atom. The van der Waals surface area contributed by atoms with Crippen molar-refractivity contribution in [2.24, 2.45) is 0 Å². The van der Waals surface area contributed by atoms with E-state index in [2.05, 4.69) is 5.32 Å². The number of hydrogen-bond acceptors (Lipinski definition) is 2. The maximum Gasteiger partial charge on any atom is 0.240 e. The zero-order valence-corrected chi connectivity index (χ0v) is 12.1. The van der Waals surface area contributed by atoms with Gasteiger partial charge in [0.15, 0.2) is 0 Å². The Hall–Kier alpha value is -0.770. The van der Waals surface area contributed by atoms with Crippen LogP contribution in [0.4, 0.5) is 0 Å². The molecule has 0 bridgehead atoms. The van der Waals surface area contributed by atoms with Crippen LogP contribution in [0.5, 0.6) is 0 Å². The van der Waals surface area contributed by atoms with Crippen molar-refractivity contribution in [2.45, 2.75) is 31.8 Å². The lowest BCUT2D eigenvalue weighted by Gasteiger charge is -2.31. The monoisotopic (exact) mass is 298 g/mol. The first kappa shape index (κ1) is 13.2. The Morgan fingerprint density at radius 3 is 2.95 bits per heavy atom. The van der Waals surface area contributed by atoms with E-state index in [1.54, 1.807) is 6.07 Å². The Labute approximate surface area is 122 Å². The van der Waals surface area contributed by atoms with Crippen LogP contribution < -0.4 is 5.32 Å². The number of hydrogen-bond donors (Lipinski definition) is 1. The Kier molecular flexibility index (Phi) is 3.70. The summed E-state index contributed by atoms with van der Waals surface area (Å²) in [5, 5.41) is 4.61. The van der Waals surface area contributed by atoms with Crippen LogP contribution in [0.15, 0.2) is 12.1 Å². The highest BCUT2D eigenvalue weighted by Crippen LogP contribution is 2.30. The zero-order valence-electron chi connectivity index (χ0n) is 10.6. The van der Waals surface area contributed by atoms with Gasteiger partial charge in [-0.15, -0.1) is 0 Å². The third-order valence-electron chi connectivity index (χ3n) is 3.92.